The lowest BCUT2D eigenvalue weighted by atomic mass is 9.76. The number of aromatic nitrogens is 2. The van der Waals surface area contributed by atoms with E-state index in [4.69, 9.17) is 15.0 Å². The van der Waals surface area contributed by atoms with Crippen LogP contribution in [0.1, 0.15) is 63.1 Å². The molecule has 1 aromatic heterocycles. The van der Waals surface area contributed by atoms with Gasteiger partial charge in [-0.05, 0) is 31.6 Å². The number of hydrogen-bond donors (Lipinski definition) is 1. The predicted octanol–water partition coefficient (Wildman–Crippen LogP) is 2.33. The molecule has 2 fully saturated rings. The zero-order valence-corrected chi connectivity index (χ0v) is 11.6. The van der Waals surface area contributed by atoms with E-state index in [0.29, 0.717) is 17.7 Å². The van der Waals surface area contributed by atoms with Crippen molar-refractivity contribution in [1.82, 2.24) is 10.1 Å². The SMILES string of the molecule is CC1CCCC(N)(c2noc(C3CCOCC3)n2)C1. The van der Waals surface area contributed by atoms with Crippen molar-refractivity contribution in [2.45, 2.75) is 56.9 Å². The van der Waals surface area contributed by atoms with Crippen LogP contribution < -0.4 is 5.73 Å². The monoisotopic (exact) mass is 265 g/mol. The fourth-order valence-electron chi connectivity index (χ4n) is 3.34. The third kappa shape index (κ3) is 2.67. The standard InChI is InChI=1S/C14H23N3O2/c1-10-3-2-6-14(15,9-10)13-16-12(19-17-13)11-4-7-18-8-5-11/h10-11H,2-9,15H2,1H3. The summed E-state index contributed by atoms with van der Waals surface area (Å²) in [7, 11) is 0. The average Bonchev–Trinajstić information content (AvgIpc) is 2.90. The zero-order valence-electron chi connectivity index (χ0n) is 11.6. The molecule has 1 aliphatic heterocycles. The van der Waals surface area contributed by atoms with Crippen LogP contribution >= 0.6 is 0 Å². The summed E-state index contributed by atoms with van der Waals surface area (Å²) in [6, 6.07) is 0. The van der Waals surface area contributed by atoms with Gasteiger partial charge in [-0.25, -0.2) is 0 Å². The lowest BCUT2D eigenvalue weighted by molar-refractivity contribution is 0.0778. The molecule has 1 aliphatic carbocycles. The molecule has 1 saturated heterocycles. The molecule has 2 atom stereocenters. The molecule has 0 aromatic carbocycles. The van der Waals surface area contributed by atoms with Gasteiger partial charge in [0.15, 0.2) is 5.82 Å². The molecule has 2 unspecified atom stereocenters. The normalized spacial score (nSPS) is 33.5. The Morgan fingerprint density at radius 2 is 2.05 bits per heavy atom. The zero-order chi connectivity index (χ0) is 13.3. The fourth-order valence-corrected chi connectivity index (χ4v) is 3.34. The second kappa shape index (κ2) is 5.21. The maximum atomic E-state index is 6.50. The first-order valence-electron chi connectivity index (χ1n) is 7.38. The lowest BCUT2D eigenvalue weighted by Crippen LogP contribution is -2.42. The van der Waals surface area contributed by atoms with Gasteiger partial charge in [-0.2, -0.15) is 4.98 Å². The first-order valence-corrected chi connectivity index (χ1v) is 7.38. The van der Waals surface area contributed by atoms with Crippen molar-refractivity contribution >= 4 is 0 Å². The Balaban J connectivity index is 1.76. The van der Waals surface area contributed by atoms with Crippen molar-refractivity contribution < 1.29 is 9.26 Å². The van der Waals surface area contributed by atoms with E-state index in [1.165, 1.54) is 6.42 Å². The van der Waals surface area contributed by atoms with E-state index in [2.05, 4.69) is 17.1 Å². The minimum absolute atomic E-state index is 0.347. The molecule has 3 rings (SSSR count). The largest absolute Gasteiger partial charge is 0.381 e. The van der Waals surface area contributed by atoms with Gasteiger partial charge in [0.1, 0.15) is 0 Å². The maximum Gasteiger partial charge on any atom is 0.230 e. The molecule has 0 radical (unpaired) electrons. The Bertz CT molecular complexity index is 428. The van der Waals surface area contributed by atoms with Gasteiger partial charge >= 0.3 is 0 Å². The van der Waals surface area contributed by atoms with Crippen LogP contribution in [-0.2, 0) is 10.3 Å². The summed E-state index contributed by atoms with van der Waals surface area (Å²) in [5.74, 6) is 2.45. The average molecular weight is 265 g/mol. The van der Waals surface area contributed by atoms with E-state index in [9.17, 15) is 0 Å². The molecule has 0 amide bonds. The van der Waals surface area contributed by atoms with Gasteiger partial charge in [-0.1, -0.05) is 24.9 Å². The highest BCUT2D eigenvalue weighted by Gasteiger charge is 2.37. The van der Waals surface area contributed by atoms with Gasteiger partial charge in [0.05, 0.1) is 5.54 Å². The molecule has 5 heteroatoms. The van der Waals surface area contributed by atoms with Crippen LogP contribution in [0.4, 0.5) is 0 Å². The third-order valence-corrected chi connectivity index (χ3v) is 4.49. The molecular formula is C14H23N3O2. The summed E-state index contributed by atoms with van der Waals surface area (Å²) in [6.07, 6.45) is 6.26. The first kappa shape index (κ1) is 13.1. The molecular weight excluding hydrogens is 242 g/mol. The first-order chi connectivity index (χ1) is 9.17. The number of rotatable bonds is 2. The molecule has 19 heavy (non-hydrogen) atoms. The quantitative estimate of drug-likeness (QED) is 0.888. The van der Waals surface area contributed by atoms with Crippen molar-refractivity contribution in [3.8, 4) is 0 Å². The molecule has 1 saturated carbocycles. The Kier molecular flexibility index (Phi) is 3.58. The fraction of sp³-hybridized carbons (Fsp3) is 0.857. The molecule has 2 heterocycles. The molecule has 2 N–H and O–H groups in total. The van der Waals surface area contributed by atoms with E-state index in [1.54, 1.807) is 0 Å². The highest BCUT2D eigenvalue weighted by atomic mass is 16.5. The highest BCUT2D eigenvalue weighted by Crippen LogP contribution is 2.37. The Morgan fingerprint density at radius 3 is 2.79 bits per heavy atom. The smallest absolute Gasteiger partial charge is 0.230 e. The van der Waals surface area contributed by atoms with E-state index in [0.717, 1.165) is 51.2 Å². The summed E-state index contributed by atoms with van der Waals surface area (Å²) in [4.78, 5) is 4.61. The highest BCUT2D eigenvalue weighted by molar-refractivity contribution is 5.08. The Morgan fingerprint density at radius 1 is 1.26 bits per heavy atom. The molecule has 106 valence electrons. The Hall–Kier alpha value is -0.940. The minimum atomic E-state index is -0.384. The van der Waals surface area contributed by atoms with Crippen LogP contribution in [0.5, 0.6) is 0 Å². The topological polar surface area (TPSA) is 74.2 Å². The van der Waals surface area contributed by atoms with Crippen LogP contribution in [-0.4, -0.2) is 23.4 Å². The van der Waals surface area contributed by atoms with E-state index >= 15 is 0 Å². The summed E-state index contributed by atoms with van der Waals surface area (Å²) in [5.41, 5.74) is 6.12. The van der Waals surface area contributed by atoms with Crippen LogP contribution in [0.3, 0.4) is 0 Å². The number of nitrogens with two attached hydrogens (primary N) is 1. The molecule has 1 aromatic rings. The minimum Gasteiger partial charge on any atom is -0.381 e. The van der Waals surface area contributed by atoms with Crippen LogP contribution in [0.25, 0.3) is 0 Å². The van der Waals surface area contributed by atoms with Crippen molar-refractivity contribution in [1.29, 1.82) is 0 Å². The summed E-state index contributed by atoms with van der Waals surface area (Å²) >= 11 is 0. The molecule has 5 nitrogen and oxygen atoms in total. The maximum absolute atomic E-state index is 6.50. The van der Waals surface area contributed by atoms with E-state index < -0.39 is 0 Å². The van der Waals surface area contributed by atoms with Gasteiger partial charge in [0.25, 0.3) is 0 Å². The second-order valence-corrected chi connectivity index (χ2v) is 6.20. The van der Waals surface area contributed by atoms with Gasteiger partial charge in [-0.15, -0.1) is 0 Å². The van der Waals surface area contributed by atoms with Crippen molar-refractivity contribution in [3.05, 3.63) is 11.7 Å². The van der Waals surface area contributed by atoms with E-state index in [-0.39, 0.29) is 5.54 Å². The second-order valence-electron chi connectivity index (χ2n) is 6.20. The van der Waals surface area contributed by atoms with Gasteiger partial charge in [-0.3, -0.25) is 0 Å². The number of ether oxygens (including phenoxy) is 1. The summed E-state index contributed by atoms with van der Waals surface area (Å²) in [5, 5.41) is 4.17. The van der Waals surface area contributed by atoms with Gasteiger partial charge in [0, 0.05) is 19.1 Å². The third-order valence-electron chi connectivity index (χ3n) is 4.49. The van der Waals surface area contributed by atoms with Crippen LogP contribution in [0.15, 0.2) is 4.52 Å². The van der Waals surface area contributed by atoms with Crippen molar-refractivity contribution in [2.24, 2.45) is 11.7 Å². The lowest BCUT2D eigenvalue weighted by Gasteiger charge is -2.33. The van der Waals surface area contributed by atoms with Gasteiger partial charge in [0.2, 0.25) is 5.89 Å². The molecule has 0 spiro atoms. The predicted molar refractivity (Wildman–Crippen MR) is 70.6 cm³/mol. The van der Waals surface area contributed by atoms with Crippen molar-refractivity contribution in [2.75, 3.05) is 13.2 Å². The van der Waals surface area contributed by atoms with Gasteiger partial charge < -0.3 is 15.0 Å². The number of nitrogens with zero attached hydrogens (tertiary/aromatic N) is 2. The summed E-state index contributed by atoms with van der Waals surface area (Å²) in [6.45, 7) is 3.82. The number of hydrogen-bond acceptors (Lipinski definition) is 5. The van der Waals surface area contributed by atoms with Crippen molar-refractivity contribution in [3.63, 3.8) is 0 Å². The van der Waals surface area contributed by atoms with Crippen LogP contribution in [0, 0.1) is 5.92 Å². The van der Waals surface area contributed by atoms with E-state index in [1.807, 2.05) is 0 Å². The molecule has 2 aliphatic rings. The molecule has 0 bridgehead atoms. The van der Waals surface area contributed by atoms with Crippen LogP contribution in [0.2, 0.25) is 0 Å². The Labute approximate surface area is 113 Å². The summed E-state index contributed by atoms with van der Waals surface area (Å²) < 4.78 is 10.8.